The molecule has 1 aromatic rings. The third-order valence-electron chi connectivity index (χ3n) is 3.52. The third kappa shape index (κ3) is 3.90. The van der Waals surface area contributed by atoms with Gasteiger partial charge in [-0.05, 0) is 43.7 Å². The minimum atomic E-state index is -3.95. The first-order valence-electron chi connectivity index (χ1n) is 6.47. The molecule has 0 aromatic heterocycles. The van der Waals surface area contributed by atoms with Crippen molar-refractivity contribution >= 4 is 21.6 Å². The van der Waals surface area contributed by atoms with Gasteiger partial charge >= 0.3 is 0 Å². The standard InChI is InChI=1S/C13H16ClF2NO2S/c14-10-3-1-9(2-4-10)8-17-20(18,19)13-6-5-11(15)7-12(13)16/h5-7,9-10,17H,1-4,8H2. The minimum absolute atomic E-state index is 0.164. The van der Waals surface area contributed by atoms with Gasteiger partial charge in [0.05, 0.1) is 0 Å². The van der Waals surface area contributed by atoms with Crippen LogP contribution in [0.4, 0.5) is 8.78 Å². The fourth-order valence-electron chi connectivity index (χ4n) is 2.32. The molecule has 3 nitrogen and oxygen atoms in total. The van der Waals surface area contributed by atoms with Gasteiger partial charge in [-0.2, -0.15) is 0 Å². The van der Waals surface area contributed by atoms with E-state index in [0.717, 1.165) is 37.8 Å². The van der Waals surface area contributed by atoms with E-state index >= 15 is 0 Å². The lowest BCUT2D eigenvalue weighted by atomic mass is 9.89. The van der Waals surface area contributed by atoms with Gasteiger partial charge in [0.25, 0.3) is 0 Å². The van der Waals surface area contributed by atoms with Gasteiger partial charge in [-0.25, -0.2) is 21.9 Å². The van der Waals surface area contributed by atoms with Crippen LogP contribution in [0, 0.1) is 17.6 Å². The topological polar surface area (TPSA) is 46.2 Å². The van der Waals surface area contributed by atoms with Crippen molar-refractivity contribution in [1.82, 2.24) is 4.72 Å². The molecule has 1 N–H and O–H groups in total. The highest BCUT2D eigenvalue weighted by atomic mass is 35.5. The van der Waals surface area contributed by atoms with Gasteiger partial charge in [0.15, 0.2) is 0 Å². The number of hydrogen-bond acceptors (Lipinski definition) is 2. The molecule has 0 spiro atoms. The first kappa shape index (κ1) is 15.7. The second-order valence-electron chi connectivity index (χ2n) is 5.04. The van der Waals surface area contributed by atoms with Crippen LogP contribution in [-0.2, 0) is 10.0 Å². The predicted molar refractivity (Wildman–Crippen MR) is 73.1 cm³/mol. The number of nitrogens with one attached hydrogen (secondary N) is 1. The molecule has 1 fully saturated rings. The van der Waals surface area contributed by atoms with E-state index in [1.165, 1.54) is 0 Å². The molecule has 112 valence electrons. The number of benzene rings is 1. The summed E-state index contributed by atoms with van der Waals surface area (Å²) in [5.41, 5.74) is 0. The summed E-state index contributed by atoms with van der Waals surface area (Å²) in [4.78, 5) is -0.523. The highest BCUT2D eigenvalue weighted by Gasteiger charge is 2.23. The molecule has 0 heterocycles. The van der Waals surface area contributed by atoms with Gasteiger partial charge < -0.3 is 0 Å². The van der Waals surface area contributed by atoms with E-state index in [1.807, 2.05) is 0 Å². The number of hydrogen-bond donors (Lipinski definition) is 1. The van der Waals surface area contributed by atoms with Crippen LogP contribution in [0.3, 0.4) is 0 Å². The zero-order valence-corrected chi connectivity index (χ0v) is 12.4. The largest absolute Gasteiger partial charge is 0.243 e. The van der Waals surface area contributed by atoms with Crippen LogP contribution in [-0.4, -0.2) is 20.3 Å². The molecule has 1 aliphatic rings. The Morgan fingerprint density at radius 2 is 1.85 bits per heavy atom. The number of sulfonamides is 1. The fourth-order valence-corrected chi connectivity index (χ4v) is 3.75. The van der Waals surface area contributed by atoms with E-state index in [4.69, 9.17) is 11.6 Å². The summed E-state index contributed by atoms with van der Waals surface area (Å²) in [5, 5.41) is 0.164. The van der Waals surface area contributed by atoms with Gasteiger partial charge in [-0.1, -0.05) is 0 Å². The van der Waals surface area contributed by atoms with E-state index < -0.39 is 26.6 Å². The van der Waals surface area contributed by atoms with Crippen molar-refractivity contribution in [3.8, 4) is 0 Å². The molecule has 0 amide bonds. The molecule has 0 atom stereocenters. The molecule has 0 radical (unpaired) electrons. The third-order valence-corrected chi connectivity index (χ3v) is 5.42. The maximum atomic E-state index is 13.5. The molecule has 1 saturated carbocycles. The van der Waals surface area contributed by atoms with E-state index in [0.29, 0.717) is 6.07 Å². The zero-order chi connectivity index (χ0) is 14.8. The van der Waals surface area contributed by atoms with Crippen molar-refractivity contribution in [2.45, 2.75) is 36.0 Å². The van der Waals surface area contributed by atoms with Crippen LogP contribution < -0.4 is 4.72 Å². The average Bonchev–Trinajstić information content (AvgIpc) is 2.37. The second kappa shape index (κ2) is 6.37. The lowest BCUT2D eigenvalue weighted by Gasteiger charge is -2.25. The Morgan fingerprint density at radius 1 is 1.20 bits per heavy atom. The molecule has 0 saturated heterocycles. The summed E-state index contributed by atoms with van der Waals surface area (Å²) in [6, 6.07) is 2.42. The predicted octanol–water partition coefficient (Wildman–Crippen LogP) is 3.04. The van der Waals surface area contributed by atoms with Crippen LogP contribution in [0.15, 0.2) is 23.1 Å². The highest BCUT2D eigenvalue weighted by molar-refractivity contribution is 7.89. The Morgan fingerprint density at radius 3 is 2.45 bits per heavy atom. The summed E-state index contributed by atoms with van der Waals surface area (Å²) in [5.74, 6) is -1.67. The Kier molecular flexibility index (Phi) is 4.99. The molecular formula is C13H16ClF2NO2S. The van der Waals surface area contributed by atoms with Crippen LogP contribution in [0.1, 0.15) is 25.7 Å². The van der Waals surface area contributed by atoms with Crippen LogP contribution in [0.2, 0.25) is 0 Å². The Balaban J connectivity index is 2.00. The van der Waals surface area contributed by atoms with Crippen molar-refractivity contribution < 1.29 is 17.2 Å². The maximum Gasteiger partial charge on any atom is 0.243 e. The SMILES string of the molecule is O=S(=O)(NCC1CCC(Cl)CC1)c1ccc(F)cc1F. The summed E-state index contributed by atoms with van der Waals surface area (Å²) in [7, 11) is -3.95. The van der Waals surface area contributed by atoms with Crippen molar-refractivity contribution in [3.05, 3.63) is 29.8 Å². The van der Waals surface area contributed by atoms with E-state index in [1.54, 1.807) is 0 Å². The summed E-state index contributed by atoms with van der Waals surface area (Å²) in [6.45, 7) is 0.253. The molecule has 1 aliphatic carbocycles. The second-order valence-corrected chi connectivity index (χ2v) is 7.40. The first-order valence-corrected chi connectivity index (χ1v) is 8.39. The average molecular weight is 324 g/mol. The molecule has 1 aromatic carbocycles. The van der Waals surface area contributed by atoms with Gasteiger partial charge in [0.1, 0.15) is 16.5 Å². The Hall–Kier alpha value is -0.720. The zero-order valence-electron chi connectivity index (χ0n) is 10.8. The molecule has 0 aliphatic heterocycles. The van der Waals surface area contributed by atoms with Crippen LogP contribution >= 0.6 is 11.6 Å². The molecule has 0 unspecified atom stereocenters. The van der Waals surface area contributed by atoms with Crippen molar-refractivity contribution in [3.63, 3.8) is 0 Å². The molecule has 7 heteroatoms. The quantitative estimate of drug-likeness (QED) is 0.866. The van der Waals surface area contributed by atoms with Gasteiger partial charge in [0.2, 0.25) is 10.0 Å². The van der Waals surface area contributed by atoms with Crippen molar-refractivity contribution in [2.75, 3.05) is 6.54 Å². The Labute approximate surface area is 122 Å². The summed E-state index contributed by atoms with van der Waals surface area (Å²) in [6.07, 6.45) is 3.42. The van der Waals surface area contributed by atoms with Crippen LogP contribution in [0.25, 0.3) is 0 Å². The van der Waals surface area contributed by atoms with Gasteiger partial charge in [-0.15, -0.1) is 11.6 Å². The number of rotatable bonds is 4. The lowest BCUT2D eigenvalue weighted by Crippen LogP contribution is -2.32. The van der Waals surface area contributed by atoms with Crippen molar-refractivity contribution in [1.29, 1.82) is 0 Å². The monoisotopic (exact) mass is 323 g/mol. The lowest BCUT2D eigenvalue weighted by molar-refractivity contribution is 0.361. The number of alkyl halides is 1. The van der Waals surface area contributed by atoms with Crippen molar-refractivity contribution in [2.24, 2.45) is 5.92 Å². The minimum Gasteiger partial charge on any atom is -0.211 e. The van der Waals surface area contributed by atoms with Gasteiger partial charge in [0, 0.05) is 18.0 Å². The first-order chi connectivity index (χ1) is 9.38. The smallest absolute Gasteiger partial charge is 0.211 e. The van der Waals surface area contributed by atoms with E-state index in [2.05, 4.69) is 4.72 Å². The molecular weight excluding hydrogens is 308 g/mol. The van der Waals surface area contributed by atoms with E-state index in [9.17, 15) is 17.2 Å². The Bertz CT molecular complexity index is 572. The molecule has 2 rings (SSSR count). The highest BCUT2D eigenvalue weighted by Crippen LogP contribution is 2.27. The maximum absolute atomic E-state index is 13.5. The summed E-state index contributed by atoms with van der Waals surface area (Å²) < 4.78 is 52.6. The fraction of sp³-hybridized carbons (Fsp3) is 0.538. The summed E-state index contributed by atoms with van der Waals surface area (Å²) >= 11 is 5.98. The van der Waals surface area contributed by atoms with Crippen LogP contribution in [0.5, 0.6) is 0 Å². The van der Waals surface area contributed by atoms with Gasteiger partial charge in [-0.3, -0.25) is 0 Å². The number of halogens is 3. The molecule has 20 heavy (non-hydrogen) atoms. The molecule has 0 bridgehead atoms. The normalized spacial score (nSPS) is 23.8. The van der Waals surface area contributed by atoms with E-state index in [-0.39, 0.29) is 17.8 Å².